The van der Waals surface area contributed by atoms with E-state index >= 15 is 0 Å². The first-order valence-electron chi connectivity index (χ1n) is 10.3. The second-order valence-electron chi connectivity index (χ2n) is 7.75. The van der Waals surface area contributed by atoms with Crippen molar-refractivity contribution in [3.63, 3.8) is 0 Å². The number of anilines is 2. The maximum Gasteiger partial charge on any atom is 0.258 e. The molecule has 6 rings (SSSR count). The summed E-state index contributed by atoms with van der Waals surface area (Å²) in [5, 5.41) is 11.5. The molecule has 0 atom stereocenters. The lowest BCUT2D eigenvalue weighted by Crippen LogP contribution is -2.32. The molecule has 0 saturated carbocycles. The van der Waals surface area contributed by atoms with Gasteiger partial charge in [-0.3, -0.25) is 10.1 Å². The molecule has 3 aromatic carbocycles. The Morgan fingerprint density at radius 2 is 2.03 bits per heavy atom. The van der Waals surface area contributed by atoms with Crippen molar-refractivity contribution in [2.75, 3.05) is 16.9 Å². The van der Waals surface area contributed by atoms with Gasteiger partial charge in [-0.15, -0.1) is 16.4 Å². The van der Waals surface area contributed by atoms with Gasteiger partial charge in [-0.1, -0.05) is 36.4 Å². The first kappa shape index (κ1) is 18.8. The Morgan fingerprint density at radius 3 is 2.94 bits per heavy atom. The van der Waals surface area contributed by atoms with Crippen molar-refractivity contribution in [2.24, 2.45) is 0 Å². The highest BCUT2D eigenvalue weighted by atomic mass is 32.1. The Bertz CT molecular complexity index is 1490. The predicted molar refractivity (Wildman–Crippen MR) is 126 cm³/mol. The smallest absolute Gasteiger partial charge is 0.258 e. The lowest BCUT2D eigenvalue weighted by Gasteiger charge is -2.31. The van der Waals surface area contributed by atoms with E-state index in [1.807, 2.05) is 48.7 Å². The van der Waals surface area contributed by atoms with Crippen LogP contribution >= 0.6 is 11.3 Å². The van der Waals surface area contributed by atoms with Crippen LogP contribution in [0.25, 0.3) is 15.7 Å². The van der Waals surface area contributed by atoms with E-state index in [-0.39, 0.29) is 5.91 Å². The monoisotopic (exact) mass is 441 g/mol. The summed E-state index contributed by atoms with van der Waals surface area (Å²) in [6, 6.07) is 20.0. The molecule has 7 nitrogen and oxygen atoms in total. The number of nitrogens with zero attached hydrogens (tertiary/aromatic N) is 4. The number of thiazole rings is 1. The first-order chi connectivity index (χ1) is 15.7. The van der Waals surface area contributed by atoms with Gasteiger partial charge in [0.15, 0.2) is 6.73 Å². The Labute approximate surface area is 187 Å². The number of fused-ring (bicyclic) bond motifs is 4. The molecule has 1 amide bonds. The average Bonchev–Trinajstić information content (AvgIpc) is 3.39. The van der Waals surface area contributed by atoms with Crippen LogP contribution in [0.5, 0.6) is 5.75 Å². The molecule has 0 fully saturated rings. The molecule has 2 aromatic heterocycles. The number of hydrogen-bond acceptors (Lipinski definition) is 6. The highest BCUT2D eigenvalue weighted by Crippen LogP contribution is 2.34. The van der Waals surface area contributed by atoms with Crippen molar-refractivity contribution in [1.82, 2.24) is 14.6 Å². The summed E-state index contributed by atoms with van der Waals surface area (Å²) in [6.45, 7) is 3.09. The van der Waals surface area contributed by atoms with Crippen LogP contribution in [0.1, 0.15) is 21.6 Å². The number of carbonyl (C=O) groups is 1. The summed E-state index contributed by atoms with van der Waals surface area (Å²) in [7, 11) is 0. The number of nitrogens with one attached hydrogen (secondary N) is 1. The third-order valence-electron chi connectivity index (χ3n) is 5.67. The summed E-state index contributed by atoms with van der Waals surface area (Å²) >= 11 is 1.49. The van der Waals surface area contributed by atoms with Crippen LogP contribution < -0.4 is 15.0 Å². The van der Waals surface area contributed by atoms with Crippen LogP contribution in [0, 0.1) is 6.92 Å². The van der Waals surface area contributed by atoms with E-state index < -0.39 is 0 Å². The van der Waals surface area contributed by atoms with E-state index in [0.29, 0.717) is 24.8 Å². The van der Waals surface area contributed by atoms with Crippen LogP contribution in [0.4, 0.5) is 11.6 Å². The lowest BCUT2D eigenvalue weighted by molar-refractivity contribution is 0.102. The topological polar surface area (TPSA) is 71.8 Å². The summed E-state index contributed by atoms with van der Waals surface area (Å²) in [6.07, 6.45) is 0. The third kappa shape index (κ3) is 3.16. The Morgan fingerprint density at radius 1 is 1.12 bits per heavy atom. The Hall–Kier alpha value is -3.91. The first-order valence-corrected chi connectivity index (χ1v) is 11.1. The number of carbonyl (C=O) groups excluding carboxylic acids is 1. The van der Waals surface area contributed by atoms with E-state index in [1.165, 1.54) is 22.1 Å². The Balaban J connectivity index is 1.26. The standard InChI is InChI=1S/C24H19N5O2S/c1-15-13-32-24-26-23(27-29(15)24)25-22(30)17-6-4-7-18(11-17)28-12-20-19-8-3-2-5-16(19)9-10-21(20)31-14-28/h2-11,13H,12,14H2,1H3,(H,25,27,30). The van der Waals surface area contributed by atoms with Crippen LogP contribution in [0.3, 0.4) is 0 Å². The minimum Gasteiger partial charge on any atom is -0.473 e. The van der Waals surface area contributed by atoms with Crippen molar-refractivity contribution in [2.45, 2.75) is 13.5 Å². The molecule has 0 spiro atoms. The fourth-order valence-corrected chi connectivity index (χ4v) is 4.83. The molecule has 1 aliphatic heterocycles. The molecule has 8 heteroatoms. The summed E-state index contributed by atoms with van der Waals surface area (Å²) in [5.41, 5.74) is 3.60. The molecule has 0 unspecified atom stereocenters. The van der Waals surface area contributed by atoms with Crippen LogP contribution in [-0.4, -0.2) is 27.2 Å². The molecule has 0 saturated heterocycles. The van der Waals surface area contributed by atoms with Gasteiger partial charge in [-0.05, 0) is 42.0 Å². The molecular weight excluding hydrogens is 422 g/mol. The highest BCUT2D eigenvalue weighted by Gasteiger charge is 2.21. The summed E-state index contributed by atoms with van der Waals surface area (Å²) in [5.74, 6) is 0.971. The molecule has 5 aromatic rings. The van der Waals surface area contributed by atoms with Gasteiger partial charge in [-0.25, -0.2) is 4.52 Å². The van der Waals surface area contributed by atoms with Gasteiger partial charge in [0.2, 0.25) is 4.96 Å². The second kappa shape index (κ2) is 7.35. The van der Waals surface area contributed by atoms with Gasteiger partial charge < -0.3 is 9.64 Å². The molecule has 0 aliphatic carbocycles. The van der Waals surface area contributed by atoms with E-state index in [9.17, 15) is 4.79 Å². The van der Waals surface area contributed by atoms with E-state index in [2.05, 4.69) is 38.5 Å². The minimum atomic E-state index is -0.244. The van der Waals surface area contributed by atoms with Crippen molar-refractivity contribution in [1.29, 1.82) is 0 Å². The van der Waals surface area contributed by atoms with Crippen LogP contribution in [-0.2, 0) is 6.54 Å². The van der Waals surface area contributed by atoms with Crippen molar-refractivity contribution in [3.8, 4) is 5.75 Å². The zero-order chi connectivity index (χ0) is 21.7. The average molecular weight is 442 g/mol. The van der Waals surface area contributed by atoms with Gasteiger partial charge in [0.1, 0.15) is 5.75 Å². The van der Waals surface area contributed by atoms with Crippen LogP contribution in [0.15, 0.2) is 66.0 Å². The molecule has 158 valence electrons. The minimum absolute atomic E-state index is 0.244. The predicted octanol–water partition coefficient (Wildman–Crippen LogP) is 4.86. The number of aryl methyl sites for hydroxylation is 1. The number of hydrogen-bond donors (Lipinski definition) is 1. The number of benzene rings is 3. The zero-order valence-electron chi connectivity index (χ0n) is 17.3. The van der Waals surface area contributed by atoms with Crippen LogP contribution in [0.2, 0.25) is 0 Å². The second-order valence-corrected chi connectivity index (χ2v) is 8.58. The van der Waals surface area contributed by atoms with Gasteiger partial charge in [0.05, 0.1) is 12.2 Å². The van der Waals surface area contributed by atoms with Gasteiger partial charge in [-0.2, -0.15) is 4.98 Å². The Kier molecular flexibility index (Phi) is 4.32. The quantitative estimate of drug-likeness (QED) is 0.433. The fourth-order valence-electron chi connectivity index (χ4n) is 4.03. The number of rotatable bonds is 3. The molecule has 32 heavy (non-hydrogen) atoms. The molecule has 3 heterocycles. The van der Waals surface area contributed by atoms with Crippen molar-refractivity contribution < 1.29 is 9.53 Å². The summed E-state index contributed by atoms with van der Waals surface area (Å²) < 4.78 is 7.76. The number of ether oxygens (including phenoxy) is 1. The maximum atomic E-state index is 12.9. The SMILES string of the molecule is Cc1csc2nc(NC(=O)c3cccc(N4COc5ccc6ccccc6c5C4)c3)nn12. The van der Waals surface area contributed by atoms with Crippen molar-refractivity contribution >= 4 is 44.6 Å². The third-order valence-corrected chi connectivity index (χ3v) is 6.60. The highest BCUT2D eigenvalue weighted by molar-refractivity contribution is 7.15. The number of aromatic nitrogens is 3. The zero-order valence-corrected chi connectivity index (χ0v) is 18.1. The van der Waals surface area contributed by atoms with Crippen molar-refractivity contribution in [3.05, 3.63) is 82.9 Å². The molecular formula is C24H19N5O2S. The number of amides is 1. The van der Waals surface area contributed by atoms with E-state index in [4.69, 9.17) is 4.74 Å². The molecule has 0 radical (unpaired) electrons. The lowest BCUT2D eigenvalue weighted by atomic mass is 10.0. The normalized spacial score (nSPS) is 13.2. The fraction of sp³-hybridized carbons (Fsp3) is 0.125. The van der Waals surface area contributed by atoms with Gasteiger partial charge >= 0.3 is 0 Å². The molecule has 1 N–H and O–H groups in total. The molecule has 0 bridgehead atoms. The maximum absolute atomic E-state index is 12.9. The largest absolute Gasteiger partial charge is 0.473 e. The van der Waals surface area contributed by atoms with Gasteiger partial charge in [0.25, 0.3) is 11.9 Å². The molecule has 1 aliphatic rings. The van der Waals surface area contributed by atoms with E-state index in [0.717, 1.165) is 27.7 Å². The van der Waals surface area contributed by atoms with Gasteiger partial charge in [0, 0.05) is 22.2 Å². The summed E-state index contributed by atoms with van der Waals surface area (Å²) in [4.78, 5) is 20.1. The van der Waals surface area contributed by atoms with E-state index in [1.54, 1.807) is 10.6 Å².